The molecule has 0 fully saturated rings. The number of rotatable bonds is 3. The molecular weight excluding hydrogens is 374 g/mol. The molecule has 3 heterocycles. The van der Waals surface area contributed by atoms with Crippen LogP contribution in [0, 0.1) is 0 Å². The average molecular weight is 389 g/mol. The minimum absolute atomic E-state index is 0.0248. The van der Waals surface area contributed by atoms with Gasteiger partial charge in [0.05, 0.1) is 5.41 Å². The molecule has 0 bridgehead atoms. The van der Waals surface area contributed by atoms with E-state index in [-0.39, 0.29) is 11.8 Å². The smallest absolute Gasteiger partial charge is 0.449 e. The molecule has 29 heavy (non-hydrogen) atoms. The maximum absolute atomic E-state index is 12.8. The third kappa shape index (κ3) is 2.83. The highest BCUT2D eigenvalue weighted by Crippen LogP contribution is 2.47. The lowest BCUT2D eigenvalue weighted by Gasteiger charge is -2.20. The zero-order valence-electron chi connectivity index (χ0n) is 15.0. The lowest BCUT2D eigenvalue weighted by atomic mass is 9.79. The van der Waals surface area contributed by atoms with E-state index in [1.54, 1.807) is 6.20 Å². The van der Waals surface area contributed by atoms with E-state index in [9.17, 15) is 9.59 Å². The van der Waals surface area contributed by atoms with Gasteiger partial charge in [-0.1, -0.05) is 12.1 Å². The van der Waals surface area contributed by atoms with Gasteiger partial charge in [-0.3, -0.25) is 4.79 Å². The first-order valence-corrected chi connectivity index (χ1v) is 8.92. The molecule has 1 spiro atoms. The van der Waals surface area contributed by atoms with Gasteiger partial charge in [-0.15, -0.1) is 0 Å². The molecule has 3 N–H and O–H groups in total. The standard InChI is InChI=1S/C20H15N5O4/c26-18-20(14-2-1-5-21-17(14)25-18)8-11-3-4-13(6-12(11)9-20)24-15-7-16(23-10-22-15)29-19(27)28/h1-7,10H,8-9H2,(H,27,28)(H,21,25,26)(H,22,23,24). The van der Waals surface area contributed by atoms with Crippen molar-refractivity contribution < 1.29 is 19.4 Å². The van der Waals surface area contributed by atoms with Crippen LogP contribution in [0.5, 0.6) is 5.88 Å². The van der Waals surface area contributed by atoms with Gasteiger partial charge in [0.15, 0.2) is 0 Å². The predicted molar refractivity (Wildman–Crippen MR) is 102 cm³/mol. The lowest BCUT2D eigenvalue weighted by Crippen LogP contribution is -2.35. The van der Waals surface area contributed by atoms with Crippen LogP contribution < -0.4 is 15.4 Å². The van der Waals surface area contributed by atoms with Gasteiger partial charge < -0.3 is 20.5 Å². The van der Waals surface area contributed by atoms with Crippen LogP contribution in [0.4, 0.5) is 22.1 Å². The molecule has 1 aromatic carbocycles. The molecule has 0 radical (unpaired) electrons. The van der Waals surface area contributed by atoms with E-state index in [4.69, 9.17) is 5.11 Å². The summed E-state index contributed by atoms with van der Waals surface area (Å²) in [7, 11) is 0. The van der Waals surface area contributed by atoms with Crippen molar-refractivity contribution in [3.8, 4) is 5.88 Å². The van der Waals surface area contributed by atoms with Crippen LogP contribution >= 0.6 is 0 Å². The van der Waals surface area contributed by atoms with E-state index in [1.807, 2.05) is 30.3 Å². The number of carbonyl (C=O) groups is 2. The molecule has 1 atom stereocenters. The SMILES string of the molecule is O=C(O)Oc1cc(Nc2ccc3c(c2)CC2(C3)C(=O)Nc3ncccc32)ncn1. The molecule has 2 aromatic heterocycles. The average Bonchev–Trinajstić information content (AvgIpc) is 3.20. The zero-order chi connectivity index (χ0) is 20.0. The normalized spacial score (nSPS) is 18.8. The van der Waals surface area contributed by atoms with Crippen molar-refractivity contribution in [1.82, 2.24) is 15.0 Å². The molecule has 2 aliphatic rings. The predicted octanol–water partition coefficient (Wildman–Crippen LogP) is 2.66. The van der Waals surface area contributed by atoms with Crippen molar-refractivity contribution in [3.05, 3.63) is 65.6 Å². The van der Waals surface area contributed by atoms with Crippen molar-refractivity contribution in [2.45, 2.75) is 18.3 Å². The summed E-state index contributed by atoms with van der Waals surface area (Å²) in [6.07, 6.45) is 2.65. The number of aromatic nitrogens is 3. The number of nitrogens with one attached hydrogen (secondary N) is 2. The number of carboxylic acid groups (broad SMARTS) is 1. The number of fused-ring (bicyclic) bond motifs is 3. The Hall–Kier alpha value is -4.01. The fourth-order valence-electron chi connectivity index (χ4n) is 4.05. The van der Waals surface area contributed by atoms with Crippen molar-refractivity contribution >= 4 is 29.4 Å². The van der Waals surface area contributed by atoms with Crippen LogP contribution in [0.1, 0.15) is 16.7 Å². The Balaban J connectivity index is 1.42. The molecule has 5 rings (SSSR count). The summed E-state index contributed by atoms with van der Waals surface area (Å²) >= 11 is 0. The number of hydrogen-bond acceptors (Lipinski definition) is 7. The molecule has 1 amide bonds. The van der Waals surface area contributed by atoms with E-state index in [1.165, 1.54) is 12.4 Å². The van der Waals surface area contributed by atoms with Crippen molar-refractivity contribution in [3.63, 3.8) is 0 Å². The Morgan fingerprint density at radius 3 is 2.86 bits per heavy atom. The molecule has 9 heteroatoms. The molecule has 144 valence electrons. The summed E-state index contributed by atoms with van der Waals surface area (Å²) in [6, 6.07) is 11.1. The molecule has 0 saturated carbocycles. The largest absolute Gasteiger partial charge is 0.512 e. The van der Waals surface area contributed by atoms with Gasteiger partial charge in [0.1, 0.15) is 18.0 Å². The van der Waals surface area contributed by atoms with E-state index >= 15 is 0 Å². The van der Waals surface area contributed by atoms with Crippen LogP contribution in [0.25, 0.3) is 0 Å². The van der Waals surface area contributed by atoms with Crippen LogP contribution in [0.2, 0.25) is 0 Å². The second-order valence-corrected chi connectivity index (χ2v) is 7.01. The number of amides is 1. The van der Waals surface area contributed by atoms with Gasteiger partial charge in [-0.25, -0.2) is 19.7 Å². The van der Waals surface area contributed by atoms with Gasteiger partial charge in [-0.2, -0.15) is 0 Å². The van der Waals surface area contributed by atoms with Gasteiger partial charge in [0.2, 0.25) is 11.8 Å². The van der Waals surface area contributed by atoms with Crippen LogP contribution in [0.15, 0.2) is 48.9 Å². The fraction of sp³-hybridized carbons (Fsp3) is 0.150. The van der Waals surface area contributed by atoms with Crippen molar-refractivity contribution in [2.24, 2.45) is 0 Å². The molecule has 3 aromatic rings. The van der Waals surface area contributed by atoms with Gasteiger partial charge in [0.25, 0.3) is 0 Å². The van der Waals surface area contributed by atoms with E-state index in [0.29, 0.717) is 24.5 Å². The maximum atomic E-state index is 12.8. The van der Waals surface area contributed by atoms with Gasteiger partial charge in [0, 0.05) is 23.5 Å². The maximum Gasteiger partial charge on any atom is 0.512 e. The summed E-state index contributed by atoms with van der Waals surface area (Å²) in [6.45, 7) is 0. The highest BCUT2D eigenvalue weighted by Gasteiger charge is 2.51. The highest BCUT2D eigenvalue weighted by atomic mass is 16.7. The molecule has 1 aliphatic heterocycles. The molecule has 1 unspecified atom stereocenters. The summed E-state index contributed by atoms with van der Waals surface area (Å²) < 4.78 is 4.55. The zero-order valence-corrected chi connectivity index (χ0v) is 15.0. The van der Waals surface area contributed by atoms with Crippen LogP contribution in [0.3, 0.4) is 0 Å². The second kappa shape index (κ2) is 6.26. The molecule has 1 aliphatic carbocycles. The van der Waals surface area contributed by atoms with E-state index in [0.717, 1.165) is 22.4 Å². The topological polar surface area (TPSA) is 126 Å². The third-order valence-corrected chi connectivity index (χ3v) is 5.29. The first-order valence-electron chi connectivity index (χ1n) is 8.92. The number of anilines is 3. The van der Waals surface area contributed by atoms with Gasteiger partial charge in [-0.05, 0) is 42.2 Å². The van der Waals surface area contributed by atoms with E-state index in [2.05, 4.69) is 30.3 Å². The second-order valence-electron chi connectivity index (χ2n) is 7.01. The number of ether oxygens (including phenoxy) is 1. The summed E-state index contributed by atoms with van der Waals surface area (Å²) in [5, 5.41) is 14.7. The minimum Gasteiger partial charge on any atom is -0.449 e. The molecular formula is C20H15N5O4. The highest BCUT2D eigenvalue weighted by molar-refractivity contribution is 6.06. The minimum atomic E-state index is -1.44. The number of benzene rings is 1. The number of pyridine rings is 1. The first kappa shape index (κ1) is 17.1. The lowest BCUT2D eigenvalue weighted by molar-refractivity contribution is -0.120. The van der Waals surface area contributed by atoms with Crippen molar-refractivity contribution in [2.75, 3.05) is 10.6 Å². The Bertz CT molecular complexity index is 1170. The number of carbonyl (C=O) groups excluding carboxylic acids is 1. The quantitative estimate of drug-likeness (QED) is 0.584. The van der Waals surface area contributed by atoms with Crippen LogP contribution in [-0.2, 0) is 23.1 Å². The monoisotopic (exact) mass is 389 g/mol. The third-order valence-electron chi connectivity index (χ3n) is 5.29. The first-order chi connectivity index (χ1) is 14.0. The van der Waals surface area contributed by atoms with Crippen LogP contribution in [-0.4, -0.2) is 32.1 Å². The number of hydrogen-bond donors (Lipinski definition) is 3. The summed E-state index contributed by atoms with van der Waals surface area (Å²) in [4.78, 5) is 35.6. The Kier molecular flexibility index (Phi) is 3.70. The number of nitrogens with zero attached hydrogens (tertiary/aromatic N) is 3. The van der Waals surface area contributed by atoms with E-state index < -0.39 is 11.6 Å². The Labute approximate surface area is 164 Å². The Morgan fingerprint density at radius 1 is 1.14 bits per heavy atom. The fourth-order valence-corrected chi connectivity index (χ4v) is 4.05. The van der Waals surface area contributed by atoms with Gasteiger partial charge >= 0.3 is 6.16 Å². The summed E-state index contributed by atoms with van der Waals surface area (Å²) in [5.74, 6) is 0.942. The molecule has 9 nitrogen and oxygen atoms in total. The summed E-state index contributed by atoms with van der Waals surface area (Å²) in [5.41, 5.74) is 3.26. The van der Waals surface area contributed by atoms with Crippen molar-refractivity contribution in [1.29, 1.82) is 0 Å². The Morgan fingerprint density at radius 2 is 2.00 bits per heavy atom. The molecule has 0 saturated heterocycles.